The molecule has 1 atom stereocenters. The fourth-order valence-corrected chi connectivity index (χ4v) is 2.34. The lowest BCUT2D eigenvalue weighted by molar-refractivity contribution is -0.121. The smallest absolute Gasteiger partial charge is 0.220 e. The van der Waals surface area contributed by atoms with Crippen molar-refractivity contribution in [3.63, 3.8) is 0 Å². The van der Waals surface area contributed by atoms with Gasteiger partial charge in [-0.1, -0.05) is 44.9 Å². The molecule has 0 bridgehead atoms. The van der Waals surface area contributed by atoms with Crippen molar-refractivity contribution in [2.45, 2.75) is 69.6 Å². The van der Waals surface area contributed by atoms with Crippen LogP contribution in [0.15, 0.2) is 0 Å². The number of carbonyl (C=O) groups excluding carboxylic acids is 1. The molecule has 0 aromatic heterocycles. The molecular weight excluding hydrogens is 206 g/mol. The predicted molar refractivity (Wildman–Crippen MR) is 67.1 cm³/mol. The van der Waals surface area contributed by atoms with Gasteiger partial charge in [0, 0.05) is 6.42 Å². The van der Waals surface area contributed by atoms with Crippen molar-refractivity contribution < 1.29 is 4.79 Å². The van der Waals surface area contributed by atoms with Crippen LogP contribution in [0, 0.1) is 0 Å². The van der Waals surface area contributed by atoms with Gasteiger partial charge < -0.3 is 5.32 Å². The zero-order valence-corrected chi connectivity index (χ0v) is 10.4. The van der Waals surface area contributed by atoms with Crippen molar-refractivity contribution in [2.75, 3.05) is 0 Å². The molecule has 1 aliphatic rings. The van der Waals surface area contributed by atoms with E-state index in [0.717, 1.165) is 12.8 Å². The number of thiol groups is 1. The highest BCUT2D eigenvalue weighted by molar-refractivity contribution is 7.80. The molecular formula is C12H23NOS. The van der Waals surface area contributed by atoms with Gasteiger partial charge in [0.15, 0.2) is 0 Å². The standard InChI is InChI=1S/C12H23NOS/c14-11-9-7-5-3-1-2-4-6-8-10-12(15)13-11/h12,15H,1-10H2,(H,13,14). The van der Waals surface area contributed by atoms with Crippen molar-refractivity contribution in [1.82, 2.24) is 5.32 Å². The lowest BCUT2D eigenvalue weighted by Crippen LogP contribution is -2.30. The molecule has 1 rings (SSSR count). The van der Waals surface area contributed by atoms with Gasteiger partial charge in [0.05, 0.1) is 5.37 Å². The van der Waals surface area contributed by atoms with E-state index in [1.54, 1.807) is 0 Å². The monoisotopic (exact) mass is 229 g/mol. The summed E-state index contributed by atoms with van der Waals surface area (Å²) in [7, 11) is 0. The van der Waals surface area contributed by atoms with Gasteiger partial charge in [0.25, 0.3) is 0 Å². The molecule has 1 saturated heterocycles. The third-order valence-corrected chi connectivity index (χ3v) is 3.35. The van der Waals surface area contributed by atoms with Gasteiger partial charge in [-0.2, -0.15) is 12.6 Å². The van der Waals surface area contributed by atoms with E-state index in [9.17, 15) is 4.79 Å². The van der Waals surface area contributed by atoms with Crippen molar-refractivity contribution >= 4 is 18.5 Å². The molecule has 1 heterocycles. The van der Waals surface area contributed by atoms with Gasteiger partial charge in [-0.3, -0.25) is 4.79 Å². The topological polar surface area (TPSA) is 29.1 Å². The number of hydrogen-bond acceptors (Lipinski definition) is 2. The molecule has 1 amide bonds. The maximum Gasteiger partial charge on any atom is 0.220 e. The van der Waals surface area contributed by atoms with E-state index >= 15 is 0 Å². The number of hydrogen-bond donors (Lipinski definition) is 2. The summed E-state index contributed by atoms with van der Waals surface area (Å²) < 4.78 is 0. The van der Waals surface area contributed by atoms with Crippen LogP contribution in [0.2, 0.25) is 0 Å². The normalized spacial score (nSPS) is 27.0. The molecule has 0 radical (unpaired) electrons. The Morgan fingerprint density at radius 1 is 0.933 bits per heavy atom. The summed E-state index contributed by atoms with van der Waals surface area (Å²) in [4.78, 5) is 11.4. The molecule has 0 spiro atoms. The van der Waals surface area contributed by atoms with E-state index < -0.39 is 0 Å². The minimum atomic E-state index is 0.0678. The Labute approximate surface area is 98.6 Å². The Morgan fingerprint density at radius 2 is 1.47 bits per heavy atom. The molecule has 0 saturated carbocycles. The van der Waals surface area contributed by atoms with E-state index in [1.807, 2.05) is 0 Å². The lowest BCUT2D eigenvalue weighted by Gasteiger charge is -2.12. The Kier molecular flexibility index (Phi) is 6.90. The first-order valence-electron chi connectivity index (χ1n) is 6.26. The highest BCUT2D eigenvalue weighted by atomic mass is 32.1. The third kappa shape index (κ3) is 6.82. The maximum absolute atomic E-state index is 11.4. The second-order valence-electron chi connectivity index (χ2n) is 4.45. The minimum absolute atomic E-state index is 0.0678. The number of nitrogens with one attached hydrogen (secondary N) is 1. The molecule has 1 fully saturated rings. The van der Waals surface area contributed by atoms with Gasteiger partial charge in [0.2, 0.25) is 5.91 Å². The van der Waals surface area contributed by atoms with Crippen LogP contribution in [0.4, 0.5) is 0 Å². The second-order valence-corrected chi connectivity index (χ2v) is 5.07. The first kappa shape index (κ1) is 12.9. The SMILES string of the molecule is O=C1CCCCCCCCCCC(S)N1. The molecule has 2 nitrogen and oxygen atoms in total. The first-order valence-corrected chi connectivity index (χ1v) is 6.78. The number of amides is 1. The third-order valence-electron chi connectivity index (χ3n) is 2.96. The fourth-order valence-electron chi connectivity index (χ4n) is 2.01. The summed E-state index contributed by atoms with van der Waals surface area (Å²) in [5.74, 6) is 0.175. The Bertz CT molecular complexity index is 184. The van der Waals surface area contributed by atoms with Crippen LogP contribution in [0.3, 0.4) is 0 Å². The van der Waals surface area contributed by atoms with E-state index in [2.05, 4.69) is 17.9 Å². The minimum Gasteiger partial charge on any atom is -0.345 e. The van der Waals surface area contributed by atoms with Crippen LogP contribution < -0.4 is 5.32 Å². The molecule has 3 heteroatoms. The van der Waals surface area contributed by atoms with Crippen molar-refractivity contribution in [1.29, 1.82) is 0 Å². The summed E-state index contributed by atoms with van der Waals surface area (Å²) in [6.45, 7) is 0. The van der Waals surface area contributed by atoms with E-state index in [4.69, 9.17) is 0 Å². The summed E-state index contributed by atoms with van der Waals surface area (Å²) in [6, 6.07) is 0. The number of carbonyl (C=O) groups is 1. The van der Waals surface area contributed by atoms with Gasteiger partial charge in [-0.05, 0) is 12.8 Å². The van der Waals surface area contributed by atoms with E-state index in [0.29, 0.717) is 6.42 Å². The van der Waals surface area contributed by atoms with Gasteiger partial charge in [-0.15, -0.1) is 0 Å². The summed E-state index contributed by atoms with van der Waals surface area (Å²) in [5, 5.41) is 3.01. The summed E-state index contributed by atoms with van der Waals surface area (Å²) in [6.07, 6.45) is 11.7. The average molecular weight is 229 g/mol. The second kappa shape index (κ2) is 8.03. The average Bonchev–Trinajstić information content (AvgIpc) is 2.21. The Morgan fingerprint density at radius 3 is 2.13 bits per heavy atom. The molecule has 15 heavy (non-hydrogen) atoms. The van der Waals surface area contributed by atoms with Crippen LogP contribution in [-0.2, 0) is 4.79 Å². The predicted octanol–water partition coefficient (Wildman–Crippen LogP) is 3.27. The highest BCUT2D eigenvalue weighted by Gasteiger charge is 2.08. The Balaban J connectivity index is 2.26. The molecule has 1 N–H and O–H groups in total. The molecule has 1 aliphatic heterocycles. The van der Waals surface area contributed by atoms with E-state index in [1.165, 1.54) is 44.9 Å². The molecule has 0 aromatic carbocycles. The molecule has 1 unspecified atom stereocenters. The van der Waals surface area contributed by atoms with Crippen LogP contribution in [0.25, 0.3) is 0 Å². The molecule has 88 valence electrons. The zero-order valence-electron chi connectivity index (χ0n) is 9.50. The van der Waals surface area contributed by atoms with Gasteiger partial charge >= 0.3 is 0 Å². The van der Waals surface area contributed by atoms with Crippen molar-refractivity contribution in [3.8, 4) is 0 Å². The van der Waals surface area contributed by atoms with Crippen LogP contribution in [0.5, 0.6) is 0 Å². The summed E-state index contributed by atoms with van der Waals surface area (Å²) in [5.41, 5.74) is 0. The lowest BCUT2D eigenvalue weighted by atomic mass is 10.1. The molecule has 0 aromatic rings. The zero-order chi connectivity index (χ0) is 10.9. The van der Waals surface area contributed by atoms with Gasteiger partial charge in [0.1, 0.15) is 0 Å². The van der Waals surface area contributed by atoms with Gasteiger partial charge in [-0.25, -0.2) is 0 Å². The quantitative estimate of drug-likeness (QED) is 0.613. The van der Waals surface area contributed by atoms with Crippen molar-refractivity contribution in [3.05, 3.63) is 0 Å². The summed E-state index contributed by atoms with van der Waals surface area (Å²) >= 11 is 4.38. The molecule has 0 aliphatic carbocycles. The number of rotatable bonds is 0. The Hall–Kier alpha value is -0.180. The fraction of sp³-hybridized carbons (Fsp3) is 0.917. The highest BCUT2D eigenvalue weighted by Crippen LogP contribution is 2.13. The maximum atomic E-state index is 11.4. The largest absolute Gasteiger partial charge is 0.345 e. The van der Waals surface area contributed by atoms with Crippen LogP contribution >= 0.6 is 12.6 Å². The van der Waals surface area contributed by atoms with Crippen LogP contribution in [0.1, 0.15) is 64.2 Å². The first-order chi connectivity index (χ1) is 7.29. The van der Waals surface area contributed by atoms with Crippen LogP contribution in [-0.4, -0.2) is 11.3 Å². The van der Waals surface area contributed by atoms with E-state index in [-0.39, 0.29) is 11.3 Å². The van der Waals surface area contributed by atoms with Crippen molar-refractivity contribution in [2.24, 2.45) is 0 Å².